The van der Waals surface area contributed by atoms with Gasteiger partial charge >= 0.3 is 8.80 Å². The van der Waals surface area contributed by atoms with Gasteiger partial charge in [-0.25, -0.2) is 0 Å². The van der Waals surface area contributed by atoms with Crippen LogP contribution in [-0.4, -0.2) is 55.7 Å². The standard InChI is InChI=1S/C23H51NO3Si/c1-7-8-9-10-11-12-13-14-15-16-17-18-19-20-23(21-22-24(2)3)28(25-4,26-5)27-6/h23H,7-22H2,1-6H3. The average molecular weight is 418 g/mol. The van der Waals surface area contributed by atoms with Gasteiger partial charge in [0.1, 0.15) is 0 Å². The lowest BCUT2D eigenvalue weighted by molar-refractivity contribution is 0.106. The minimum absolute atomic E-state index is 0.391. The first-order valence-corrected chi connectivity index (χ1v) is 13.7. The third-order valence-electron chi connectivity index (χ3n) is 5.93. The van der Waals surface area contributed by atoms with Crippen LogP contribution in [-0.2, 0) is 13.3 Å². The molecule has 0 spiro atoms. The summed E-state index contributed by atoms with van der Waals surface area (Å²) in [6.45, 7) is 3.34. The van der Waals surface area contributed by atoms with Gasteiger partial charge in [-0.15, -0.1) is 0 Å². The van der Waals surface area contributed by atoms with Crippen molar-refractivity contribution in [1.82, 2.24) is 4.90 Å². The average Bonchev–Trinajstić information content (AvgIpc) is 2.70. The Bertz CT molecular complexity index is 317. The highest BCUT2D eigenvalue weighted by Gasteiger charge is 2.46. The molecule has 0 aromatic heterocycles. The molecule has 0 amide bonds. The van der Waals surface area contributed by atoms with Crippen molar-refractivity contribution < 1.29 is 13.3 Å². The Morgan fingerprint density at radius 1 is 0.607 bits per heavy atom. The number of hydrogen-bond donors (Lipinski definition) is 0. The molecule has 0 fully saturated rings. The fourth-order valence-electron chi connectivity index (χ4n) is 4.07. The lowest BCUT2D eigenvalue weighted by atomic mass is 10.0. The highest BCUT2D eigenvalue weighted by molar-refractivity contribution is 6.62. The maximum atomic E-state index is 5.77. The molecule has 0 radical (unpaired) electrons. The number of nitrogens with zero attached hydrogens (tertiary/aromatic N) is 1. The molecule has 0 bridgehead atoms. The van der Waals surface area contributed by atoms with Crippen LogP contribution in [0.4, 0.5) is 0 Å². The SMILES string of the molecule is CCCCCCCCCCCCCCCC(CCN(C)C)[Si](OC)(OC)OC. The summed E-state index contributed by atoms with van der Waals surface area (Å²) in [6.07, 6.45) is 20.3. The molecule has 28 heavy (non-hydrogen) atoms. The maximum Gasteiger partial charge on any atom is 0.503 e. The van der Waals surface area contributed by atoms with E-state index >= 15 is 0 Å². The van der Waals surface area contributed by atoms with Crippen LogP contribution in [0.25, 0.3) is 0 Å². The van der Waals surface area contributed by atoms with Gasteiger partial charge in [-0.05, 0) is 33.5 Å². The van der Waals surface area contributed by atoms with Crippen molar-refractivity contribution in [1.29, 1.82) is 0 Å². The van der Waals surface area contributed by atoms with E-state index in [-0.39, 0.29) is 0 Å². The second kappa shape index (κ2) is 19.0. The molecule has 0 aliphatic carbocycles. The van der Waals surface area contributed by atoms with E-state index in [1.807, 2.05) is 0 Å². The summed E-state index contributed by atoms with van der Waals surface area (Å²) < 4.78 is 17.3. The van der Waals surface area contributed by atoms with Crippen molar-refractivity contribution in [3.05, 3.63) is 0 Å². The van der Waals surface area contributed by atoms with Crippen LogP contribution in [0, 0.1) is 0 Å². The maximum absolute atomic E-state index is 5.77. The van der Waals surface area contributed by atoms with Gasteiger partial charge in [-0.1, -0.05) is 90.4 Å². The number of unbranched alkanes of at least 4 members (excludes halogenated alkanes) is 12. The predicted molar refractivity (Wildman–Crippen MR) is 124 cm³/mol. The second-order valence-electron chi connectivity index (χ2n) is 8.54. The van der Waals surface area contributed by atoms with Gasteiger partial charge in [0.15, 0.2) is 0 Å². The smallest absolute Gasteiger partial charge is 0.377 e. The lowest BCUT2D eigenvalue weighted by Gasteiger charge is -2.33. The fraction of sp³-hybridized carbons (Fsp3) is 1.00. The monoisotopic (exact) mass is 417 g/mol. The molecule has 0 aromatic rings. The van der Waals surface area contributed by atoms with Crippen LogP contribution in [0.5, 0.6) is 0 Å². The van der Waals surface area contributed by atoms with Crippen LogP contribution in [0.3, 0.4) is 0 Å². The molecular weight excluding hydrogens is 366 g/mol. The summed E-state index contributed by atoms with van der Waals surface area (Å²) in [5.41, 5.74) is 0.391. The summed E-state index contributed by atoms with van der Waals surface area (Å²) in [4.78, 5) is 2.23. The molecule has 0 rings (SSSR count). The third kappa shape index (κ3) is 13.3. The fourth-order valence-corrected chi connectivity index (χ4v) is 6.61. The molecule has 0 saturated heterocycles. The zero-order valence-electron chi connectivity index (χ0n) is 20.1. The van der Waals surface area contributed by atoms with Crippen LogP contribution >= 0.6 is 0 Å². The Morgan fingerprint density at radius 3 is 1.36 bits per heavy atom. The molecule has 0 saturated carbocycles. The van der Waals surface area contributed by atoms with Gasteiger partial charge in [0.2, 0.25) is 0 Å². The first-order valence-electron chi connectivity index (χ1n) is 11.9. The van der Waals surface area contributed by atoms with Gasteiger partial charge in [0.05, 0.1) is 0 Å². The van der Waals surface area contributed by atoms with Crippen molar-refractivity contribution in [2.24, 2.45) is 0 Å². The molecule has 4 nitrogen and oxygen atoms in total. The minimum atomic E-state index is -2.54. The summed E-state index contributed by atoms with van der Waals surface area (Å²) >= 11 is 0. The molecule has 0 heterocycles. The molecule has 5 heteroatoms. The summed E-state index contributed by atoms with van der Waals surface area (Å²) in [7, 11) is 6.93. The van der Waals surface area contributed by atoms with E-state index in [4.69, 9.17) is 13.3 Å². The van der Waals surface area contributed by atoms with E-state index in [9.17, 15) is 0 Å². The van der Waals surface area contributed by atoms with E-state index in [1.165, 1.54) is 83.5 Å². The Morgan fingerprint density at radius 2 is 1.00 bits per heavy atom. The van der Waals surface area contributed by atoms with E-state index in [2.05, 4.69) is 25.9 Å². The summed E-state index contributed by atoms with van der Waals surface area (Å²) in [5.74, 6) is 0. The number of rotatable bonds is 21. The Hall–Kier alpha value is 0.0569. The Labute approximate surface area is 178 Å². The zero-order chi connectivity index (χ0) is 21.1. The van der Waals surface area contributed by atoms with E-state index < -0.39 is 8.80 Å². The normalized spacial score (nSPS) is 13.4. The molecule has 170 valence electrons. The zero-order valence-corrected chi connectivity index (χ0v) is 21.1. The second-order valence-corrected chi connectivity index (χ2v) is 11.8. The van der Waals surface area contributed by atoms with Crippen molar-refractivity contribution in [2.75, 3.05) is 42.0 Å². The highest BCUT2D eigenvalue weighted by atomic mass is 28.4. The quantitative estimate of drug-likeness (QED) is 0.154. The van der Waals surface area contributed by atoms with Crippen molar-refractivity contribution in [3.8, 4) is 0 Å². The summed E-state index contributed by atoms with van der Waals surface area (Å²) in [6, 6.07) is 0. The van der Waals surface area contributed by atoms with Crippen LogP contribution in [0.15, 0.2) is 0 Å². The topological polar surface area (TPSA) is 30.9 Å². The van der Waals surface area contributed by atoms with E-state index in [1.54, 1.807) is 21.3 Å². The van der Waals surface area contributed by atoms with E-state index in [0.29, 0.717) is 5.54 Å². The molecule has 0 aliphatic heterocycles. The Kier molecular flexibility index (Phi) is 19.1. The van der Waals surface area contributed by atoms with Gasteiger partial charge in [-0.3, -0.25) is 0 Å². The first kappa shape index (κ1) is 28.1. The number of hydrogen-bond acceptors (Lipinski definition) is 4. The third-order valence-corrected chi connectivity index (χ3v) is 9.22. The molecular formula is C23H51NO3Si. The van der Waals surface area contributed by atoms with Crippen molar-refractivity contribution in [3.63, 3.8) is 0 Å². The predicted octanol–water partition coefficient (Wildman–Crippen LogP) is 6.67. The van der Waals surface area contributed by atoms with Crippen molar-refractivity contribution >= 4 is 8.80 Å². The highest BCUT2D eigenvalue weighted by Crippen LogP contribution is 2.33. The van der Waals surface area contributed by atoms with Crippen LogP contribution in [0.1, 0.15) is 103 Å². The van der Waals surface area contributed by atoms with E-state index in [0.717, 1.165) is 19.4 Å². The minimum Gasteiger partial charge on any atom is -0.377 e. The molecule has 1 atom stereocenters. The lowest BCUT2D eigenvalue weighted by Crippen LogP contribution is -2.48. The van der Waals surface area contributed by atoms with Gasteiger partial charge in [-0.2, -0.15) is 0 Å². The Balaban J connectivity index is 3.87. The van der Waals surface area contributed by atoms with Gasteiger partial charge in [0, 0.05) is 26.9 Å². The van der Waals surface area contributed by atoms with Gasteiger partial charge < -0.3 is 18.2 Å². The van der Waals surface area contributed by atoms with Gasteiger partial charge in [0.25, 0.3) is 0 Å². The molecule has 0 N–H and O–H groups in total. The molecule has 0 aliphatic rings. The van der Waals surface area contributed by atoms with Crippen LogP contribution < -0.4 is 0 Å². The van der Waals surface area contributed by atoms with Crippen molar-refractivity contribution in [2.45, 2.75) is 109 Å². The summed E-state index contributed by atoms with van der Waals surface area (Å²) in [5, 5.41) is 0. The largest absolute Gasteiger partial charge is 0.503 e. The van der Waals surface area contributed by atoms with Crippen LogP contribution in [0.2, 0.25) is 5.54 Å². The first-order chi connectivity index (χ1) is 13.6. The molecule has 1 unspecified atom stereocenters. The molecule has 0 aromatic carbocycles.